The Morgan fingerprint density at radius 3 is 2.90 bits per heavy atom. The molecule has 6 nitrogen and oxygen atoms in total. The van der Waals surface area contributed by atoms with Gasteiger partial charge in [0, 0.05) is 31.9 Å². The lowest BCUT2D eigenvalue weighted by molar-refractivity contribution is 0.0374. The van der Waals surface area contributed by atoms with Crippen LogP contribution in [-0.2, 0) is 4.74 Å². The third-order valence-electron chi connectivity index (χ3n) is 3.33. The number of pyridine rings is 1. The summed E-state index contributed by atoms with van der Waals surface area (Å²) in [6.07, 6.45) is 2.48. The van der Waals surface area contributed by atoms with E-state index in [2.05, 4.69) is 15.2 Å². The van der Waals surface area contributed by atoms with Gasteiger partial charge in [-0.2, -0.15) is 0 Å². The lowest BCUT2D eigenvalue weighted by atomic mass is 10.2. The Labute approximate surface area is 125 Å². The lowest BCUT2D eigenvalue weighted by Crippen LogP contribution is -2.38. The quantitative estimate of drug-likeness (QED) is 0.758. The Morgan fingerprint density at radius 2 is 2.24 bits per heavy atom. The summed E-state index contributed by atoms with van der Waals surface area (Å²) in [5.41, 5.74) is 0.560. The second kappa shape index (κ2) is 8.59. The molecular formula is C15H23N3O3. The molecule has 1 N–H and O–H groups in total. The first kappa shape index (κ1) is 15.7. The smallest absolute Gasteiger partial charge is 0.252 e. The lowest BCUT2D eigenvalue weighted by Gasteiger charge is -2.26. The molecule has 0 aromatic carbocycles. The van der Waals surface area contributed by atoms with Crippen molar-refractivity contribution in [2.75, 3.05) is 46.0 Å². The van der Waals surface area contributed by atoms with Crippen molar-refractivity contribution in [1.82, 2.24) is 15.2 Å². The minimum Gasteiger partial charge on any atom is -0.478 e. The van der Waals surface area contributed by atoms with Gasteiger partial charge >= 0.3 is 0 Å². The van der Waals surface area contributed by atoms with Crippen LogP contribution in [0.1, 0.15) is 23.7 Å². The summed E-state index contributed by atoms with van der Waals surface area (Å²) in [4.78, 5) is 18.4. The monoisotopic (exact) mass is 293 g/mol. The molecular weight excluding hydrogens is 270 g/mol. The molecule has 0 unspecified atom stereocenters. The highest BCUT2D eigenvalue weighted by Gasteiger charge is 2.10. The molecule has 2 heterocycles. The molecule has 1 aromatic rings. The molecule has 0 spiro atoms. The fourth-order valence-electron chi connectivity index (χ4n) is 2.18. The van der Waals surface area contributed by atoms with Crippen molar-refractivity contribution in [3.05, 3.63) is 23.9 Å². The number of nitrogens with zero attached hydrogens (tertiary/aromatic N) is 2. The first-order chi connectivity index (χ1) is 10.3. The van der Waals surface area contributed by atoms with E-state index in [4.69, 9.17) is 9.47 Å². The van der Waals surface area contributed by atoms with Crippen molar-refractivity contribution in [2.45, 2.75) is 13.3 Å². The third-order valence-corrected chi connectivity index (χ3v) is 3.33. The topological polar surface area (TPSA) is 63.7 Å². The zero-order valence-electron chi connectivity index (χ0n) is 12.5. The molecule has 0 aliphatic carbocycles. The summed E-state index contributed by atoms with van der Waals surface area (Å²) < 4.78 is 10.5. The van der Waals surface area contributed by atoms with E-state index in [0.29, 0.717) is 24.6 Å². The molecule has 0 atom stereocenters. The molecule has 1 aromatic heterocycles. The van der Waals surface area contributed by atoms with E-state index in [-0.39, 0.29) is 5.91 Å². The van der Waals surface area contributed by atoms with Gasteiger partial charge in [-0.25, -0.2) is 4.98 Å². The first-order valence-corrected chi connectivity index (χ1v) is 7.46. The summed E-state index contributed by atoms with van der Waals surface area (Å²) in [7, 11) is 0. The molecule has 116 valence electrons. The predicted molar refractivity (Wildman–Crippen MR) is 79.6 cm³/mol. The summed E-state index contributed by atoms with van der Waals surface area (Å²) in [5.74, 6) is 0.453. The molecule has 0 bridgehead atoms. The number of hydrogen-bond donors (Lipinski definition) is 1. The SMILES string of the molecule is CCOc1ccc(C(=O)NCCCN2CCOCC2)cn1. The van der Waals surface area contributed by atoms with Crippen LogP contribution in [0.15, 0.2) is 18.3 Å². The number of amides is 1. The number of morpholine rings is 1. The number of rotatable bonds is 7. The van der Waals surface area contributed by atoms with E-state index in [1.807, 2.05) is 6.92 Å². The number of hydrogen-bond acceptors (Lipinski definition) is 5. The summed E-state index contributed by atoms with van der Waals surface area (Å²) in [6, 6.07) is 3.45. The molecule has 1 aliphatic rings. The fraction of sp³-hybridized carbons (Fsp3) is 0.600. The first-order valence-electron chi connectivity index (χ1n) is 7.46. The third kappa shape index (κ3) is 5.32. The molecule has 0 radical (unpaired) electrons. The van der Waals surface area contributed by atoms with Gasteiger partial charge in [0.05, 0.1) is 25.4 Å². The average Bonchev–Trinajstić information content (AvgIpc) is 2.53. The van der Waals surface area contributed by atoms with E-state index >= 15 is 0 Å². The Hall–Kier alpha value is -1.66. The van der Waals surface area contributed by atoms with E-state index in [0.717, 1.165) is 39.3 Å². The van der Waals surface area contributed by atoms with E-state index in [1.165, 1.54) is 0 Å². The zero-order valence-corrected chi connectivity index (χ0v) is 12.5. The minimum atomic E-state index is -0.0903. The van der Waals surface area contributed by atoms with Gasteiger partial charge in [-0.05, 0) is 26.0 Å². The highest BCUT2D eigenvalue weighted by Crippen LogP contribution is 2.07. The number of carbonyl (C=O) groups is 1. The molecule has 0 saturated carbocycles. The number of carbonyl (C=O) groups excluding carboxylic acids is 1. The summed E-state index contributed by atoms with van der Waals surface area (Å²) in [5, 5.41) is 2.91. The van der Waals surface area contributed by atoms with Crippen molar-refractivity contribution in [1.29, 1.82) is 0 Å². The number of aromatic nitrogens is 1. The zero-order chi connectivity index (χ0) is 14.9. The van der Waals surface area contributed by atoms with Gasteiger partial charge in [0.15, 0.2) is 0 Å². The average molecular weight is 293 g/mol. The number of nitrogens with one attached hydrogen (secondary N) is 1. The van der Waals surface area contributed by atoms with Gasteiger partial charge in [0.1, 0.15) is 0 Å². The van der Waals surface area contributed by atoms with E-state index < -0.39 is 0 Å². The van der Waals surface area contributed by atoms with Crippen LogP contribution < -0.4 is 10.1 Å². The second-order valence-corrected chi connectivity index (χ2v) is 4.88. The van der Waals surface area contributed by atoms with E-state index in [9.17, 15) is 4.79 Å². The normalized spacial score (nSPS) is 15.7. The summed E-state index contributed by atoms with van der Waals surface area (Å²) >= 11 is 0. The van der Waals surface area contributed by atoms with E-state index in [1.54, 1.807) is 18.3 Å². The van der Waals surface area contributed by atoms with Crippen LogP contribution in [0.3, 0.4) is 0 Å². The van der Waals surface area contributed by atoms with Crippen molar-refractivity contribution < 1.29 is 14.3 Å². The van der Waals surface area contributed by atoms with Crippen LogP contribution in [0.25, 0.3) is 0 Å². The fourth-order valence-corrected chi connectivity index (χ4v) is 2.18. The van der Waals surface area contributed by atoms with Crippen LogP contribution >= 0.6 is 0 Å². The van der Waals surface area contributed by atoms with Crippen LogP contribution in [0, 0.1) is 0 Å². The highest BCUT2D eigenvalue weighted by molar-refractivity contribution is 5.93. The molecule has 2 rings (SSSR count). The Kier molecular flexibility index (Phi) is 6.43. The largest absolute Gasteiger partial charge is 0.478 e. The van der Waals surface area contributed by atoms with Crippen molar-refractivity contribution in [3.8, 4) is 5.88 Å². The molecule has 21 heavy (non-hydrogen) atoms. The molecule has 1 fully saturated rings. The predicted octanol–water partition coefficient (Wildman–Crippen LogP) is 0.932. The molecule has 1 aliphatic heterocycles. The maximum Gasteiger partial charge on any atom is 0.252 e. The van der Waals surface area contributed by atoms with Gasteiger partial charge in [0.2, 0.25) is 5.88 Å². The van der Waals surface area contributed by atoms with Crippen LogP contribution in [0.2, 0.25) is 0 Å². The molecule has 6 heteroatoms. The van der Waals surface area contributed by atoms with Gasteiger partial charge in [-0.1, -0.05) is 0 Å². The maximum absolute atomic E-state index is 11.9. The Morgan fingerprint density at radius 1 is 1.43 bits per heavy atom. The minimum absolute atomic E-state index is 0.0903. The number of ether oxygens (including phenoxy) is 2. The molecule has 1 amide bonds. The van der Waals surface area contributed by atoms with Gasteiger partial charge in [-0.3, -0.25) is 9.69 Å². The van der Waals surface area contributed by atoms with Gasteiger partial charge < -0.3 is 14.8 Å². The Balaban J connectivity index is 1.66. The maximum atomic E-state index is 11.9. The Bertz CT molecular complexity index is 430. The van der Waals surface area contributed by atoms with Gasteiger partial charge in [0.25, 0.3) is 5.91 Å². The van der Waals surface area contributed by atoms with Crippen LogP contribution in [0.5, 0.6) is 5.88 Å². The van der Waals surface area contributed by atoms with Crippen LogP contribution in [0.4, 0.5) is 0 Å². The molecule has 1 saturated heterocycles. The van der Waals surface area contributed by atoms with Crippen molar-refractivity contribution in [3.63, 3.8) is 0 Å². The van der Waals surface area contributed by atoms with Crippen molar-refractivity contribution >= 4 is 5.91 Å². The van der Waals surface area contributed by atoms with Crippen LogP contribution in [-0.4, -0.2) is 61.8 Å². The highest BCUT2D eigenvalue weighted by atomic mass is 16.5. The summed E-state index contributed by atoms with van der Waals surface area (Å²) in [6.45, 7) is 7.72. The standard InChI is InChI=1S/C15H23N3O3/c1-2-21-14-5-4-13(12-17-14)15(19)16-6-3-7-18-8-10-20-11-9-18/h4-5,12H,2-3,6-11H2,1H3,(H,16,19). The second-order valence-electron chi connectivity index (χ2n) is 4.88. The van der Waals surface area contributed by atoms with Crippen molar-refractivity contribution in [2.24, 2.45) is 0 Å². The van der Waals surface area contributed by atoms with Gasteiger partial charge in [-0.15, -0.1) is 0 Å².